The van der Waals surface area contributed by atoms with Crippen molar-refractivity contribution < 1.29 is 22.2 Å². The zero-order chi connectivity index (χ0) is 9.84. The number of nitrogens with zero attached hydrogens (tertiary/aromatic N) is 3. The molecule has 1 aromatic heterocycles. The Morgan fingerprint density at radius 2 is 2.07 bits per heavy atom. The smallest absolute Gasteiger partial charge is 0.762 e. The van der Waals surface area contributed by atoms with Gasteiger partial charge in [0.2, 0.25) is 6.33 Å². The third kappa shape index (κ3) is 3.76. The molecular formula is C6H10BF4N3. The predicted molar refractivity (Wildman–Crippen MR) is 40.8 cm³/mol. The van der Waals surface area contributed by atoms with E-state index in [-0.39, 0.29) is 4.70 Å². The Bertz CT molecular complexity index is 254. The summed E-state index contributed by atoms with van der Waals surface area (Å²) in [5.41, 5.74) is 0. The minimum Gasteiger partial charge on any atom is -1.00 e. The summed E-state index contributed by atoms with van der Waals surface area (Å²) in [5, 5.41) is 4.27. The molecule has 0 amide bonds. The Kier molecular flexibility index (Phi) is 5.18. The second-order valence-electron chi connectivity index (χ2n) is 2.75. The number of halogens is 4. The van der Waals surface area contributed by atoms with E-state index in [4.69, 9.17) is 0 Å². The van der Waals surface area contributed by atoms with Gasteiger partial charge in [-0.25, -0.2) is 4.57 Å². The average molecular weight is 211 g/mol. The van der Waals surface area contributed by atoms with Gasteiger partial charge >= 0.3 is 7.54 Å². The highest BCUT2D eigenvalue weighted by Gasteiger charge is 2.19. The standard InChI is InChI=1S/C6H10N3.BF3.FH/c1-8-5-9-4-2-3-6(9)7-8;2-1(3)4;/h5H,2-4H2,1H3;;1H/q+1;;/p-1. The normalized spacial score (nSPS) is 12.3. The Morgan fingerprint density at radius 3 is 2.57 bits per heavy atom. The van der Waals surface area contributed by atoms with Gasteiger partial charge in [0.25, 0.3) is 5.82 Å². The molecule has 0 bridgehead atoms. The molecule has 0 N–H and O–H groups in total. The quantitative estimate of drug-likeness (QED) is 0.265. The molecule has 1 aromatic rings. The van der Waals surface area contributed by atoms with Crippen molar-refractivity contribution >= 4 is 7.54 Å². The molecule has 0 fully saturated rings. The van der Waals surface area contributed by atoms with Gasteiger partial charge in [-0.05, 0) is 6.42 Å². The summed E-state index contributed by atoms with van der Waals surface area (Å²) < 4.78 is 33.1. The first-order valence-corrected chi connectivity index (χ1v) is 3.94. The second-order valence-corrected chi connectivity index (χ2v) is 2.75. The fourth-order valence-electron chi connectivity index (χ4n) is 1.32. The topological polar surface area (TPSA) is 21.7 Å². The minimum absolute atomic E-state index is 0. The molecule has 0 spiro atoms. The number of hydrogen-bond acceptors (Lipinski definition) is 1. The number of fused-ring (bicyclic) bond motifs is 1. The Morgan fingerprint density at radius 1 is 1.50 bits per heavy atom. The number of aryl methyl sites for hydroxylation is 3. The molecule has 2 rings (SSSR count). The number of aromatic nitrogens is 3. The first kappa shape index (κ1) is 12.9. The molecule has 0 aliphatic carbocycles. The summed E-state index contributed by atoms with van der Waals surface area (Å²) in [6.45, 7) is 1.16. The summed E-state index contributed by atoms with van der Waals surface area (Å²) in [5.74, 6) is 1.23. The van der Waals surface area contributed by atoms with Gasteiger partial charge in [0.15, 0.2) is 0 Å². The van der Waals surface area contributed by atoms with E-state index in [1.165, 1.54) is 12.2 Å². The van der Waals surface area contributed by atoms with E-state index in [9.17, 15) is 12.9 Å². The van der Waals surface area contributed by atoms with Crippen LogP contribution in [0.4, 0.5) is 12.9 Å². The third-order valence-electron chi connectivity index (χ3n) is 1.71. The van der Waals surface area contributed by atoms with Crippen LogP contribution in [0.25, 0.3) is 0 Å². The van der Waals surface area contributed by atoms with Crippen LogP contribution in [0.5, 0.6) is 0 Å². The van der Waals surface area contributed by atoms with E-state index in [0.717, 1.165) is 13.0 Å². The Hall–Kier alpha value is -1.08. The maximum atomic E-state index is 9.67. The van der Waals surface area contributed by atoms with Crippen LogP contribution in [0.15, 0.2) is 6.33 Å². The van der Waals surface area contributed by atoms with Gasteiger partial charge in [0.1, 0.15) is 0 Å². The molecule has 0 atom stereocenters. The van der Waals surface area contributed by atoms with Crippen LogP contribution in [0.1, 0.15) is 12.2 Å². The molecule has 80 valence electrons. The highest BCUT2D eigenvalue weighted by atomic mass is 19.4. The van der Waals surface area contributed by atoms with Crippen LogP contribution in [-0.2, 0) is 20.0 Å². The first-order valence-electron chi connectivity index (χ1n) is 3.94. The van der Waals surface area contributed by atoms with Gasteiger partial charge in [-0.1, -0.05) is 0 Å². The van der Waals surface area contributed by atoms with Crippen LogP contribution in [-0.4, -0.2) is 17.3 Å². The number of hydrogen-bond donors (Lipinski definition) is 0. The van der Waals surface area contributed by atoms with Crippen molar-refractivity contribution in [3.8, 4) is 0 Å². The monoisotopic (exact) mass is 211 g/mol. The molecule has 0 aromatic carbocycles. The average Bonchev–Trinajstić information content (AvgIpc) is 2.43. The predicted octanol–water partition coefficient (Wildman–Crippen LogP) is -2.46. The van der Waals surface area contributed by atoms with Gasteiger partial charge < -0.3 is 4.70 Å². The molecule has 1 aliphatic rings. The summed E-state index contributed by atoms with van der Waals surface area (Å²) in [6.07, 6.45) is 4.46. The molecule has 0 saturated carbocycles. The van der Waals surface area contributed by atoms with Crippen LogP contribution in [0.2, 0.25) is 0 Å². The fourth-order valence-corrected chi connectivity index (χ4v) is 1.32. The Balaban J connectivity index is 0.000000299. The highest BCUT2D eigenvalue weighted by Crippen LogP contribution is 2.00. The summed E-state index contributed by atoms with van der Waals surface area (Å²) in [6, 6.07) is 0. The maximum absolute atomic E-state index is 9.67. The summed E-state index contributed by atoms with van der Waals surface area (Å²) in [7, 11) is -1.70. The Labute approximate surface area is 79.1 Å². The van der Waals surface area contributed by atoms with Crippen molar-refractivity contribution in [3.63, 3.8) is 0 Å². The molecular weight excluding hydrogens is 201 g/mol. The lowest BCUT2D eigenvalue weighted by atomic mass is 10.4. The first-order chi connectivity index (χ1) is 6.09. The van der Waals surface area contributed by atoms with Gasteiger partial charge in [-0.2, -0.15) is 0 Å². The van der Waals surface area contributed by atoms with E-state index in [0.29, 0.717) is 0 Å². The van der Waals surface area contributed by atoms with Crippen molar-refractivity contribution in [3.05, 3.63) is 12.2 Å². The molecule has 8 heteroatoms. The van der Waals surface area contributed by atoms with Crippen LogP contribution >= 0.6 is 0 Å². The van der Waals surface area contributed by atoms with E-state index in [1.54, 1.807) is 0 Å². The van der Waals surface area contributed by atoms with Crippen molar-refractivity contribution in [1.29, 1.82) is 0 Å². The lowest BCUT2D eigenvalue weighted by Crippen LogP contribution is -3.00. The molecule has 14 heavy (non-hydrogen) atoms. The van der Waals surface area contributed by atoms with E-state index in [1.807, 2.05) is 18.1 Å². The van der Waals surface area contributed by atoms with Crippen molar-refractivity contribution in [1.82, 2.24) is 9.78 Å². The number of rotatable bonds is 0. The SMILES string of the molecule is Cn1c[n+]2c(n1)CCC2.FB(F)F.[F-]. The fraction of sp³-hybridized carbons (Fsp3) is 0.667. The summed E-state index contributed by atoms with van der Waals surface area (Å²) in [4.78, 5) is 0. The largest absolute Gasteiger partial charge is 1.00 e. The van der Waals surface area contributed by atoms with E-state index >= 15 is 0 Å². The zero-order valence-corrected chi connectivity index (χ0v) is 7.63. The van der Waals surface area contributed by atoms with Crippen LogP contribution < -0.4 is 9.27 Å². The molecule has 0 unspecified atom stereocenters. The second kappa shape index (κ2) is 5.61. The maximum Gasteiger partial charge on any atom is 0.762 e. The molecule has 0 radical (unpaired) electrons. The van der Waals surface area contributed by atoms with Crippen molar-refractivity contribution in [2.24, 2.45) is 7.05 Å². The minimum atomic E-state index is -3.67. The lowest BCUT2D eigenvalue weighted by Gasteiger charge is -1.79. The van der Waals surface area contributed by atoms with Gasteiger partial charge in [-0.15, -0.1) is 4.68 Å². The highest BCUT2D eigenvalue weighted by molar-refractivity contribution is 6.33. The lowest BCUT2D eigenvalue weighted by molar-refractivity contribution is -0.691. The van der Waals surface area contributed by atoms with Crippen LogP contribution in [0.3, 0.4) is 0 Å². The zero-order valence-electron chi connectivity index (χ0n) is 7.63. The molecule has 3 nitrogen and oxygen atoms in total. The summed E-state index contributed by atoms with van der Waals surface area (Å²) >= 11 is 0. The third-order valence-corrected chi connectivity index (χ3v) is 1.71. The molecule has 0 saturated heterocycles. The van der Waals surface area contributed by atoms with Gasteiger partial charge in [-0.3, -0.25) is 12.9 Å². The van der Waals surface area contributed by atoms with Crippen molar-refractivity contribution in [2.75, 3.05) is 0 Å². The van der Waals surface area contributed by atoms with Gasteiger partial charge in [0.05, 0.1) is 13.6 Å². The van der Waals surface area contributed by atoms with E-state index in [2.05, 4.69) is 9.67 Å². The van der Waals surface area contributed by atoms with Gasteiger partial charge in [0, 0.05) is 11.5 Å². The molecule has 2 heterocycles. The van der Waals surface area contributed by atoms with Crippen LogP contribution in [0, 0.1) is 0 Å². The van der Waals surface area contributed by atoms with E-state index < -0.39 is 7.54 Å². The van der Waals surface area contributed by atoms with Crippen molar-refractivity contribution in [2.45, 2.75) is 19.4 Å². The molecule has 1 aliphatic heterocycles.